The monoisotopic (exact) mass is 624 g/mol. The maximum absolute atomic E-state index is 13.1. The average molecular weight is 625 g/mol. The molecule has 0 unspecified atom stereocenters. The molecule has 45 heavy (non-hydrogen) atoms. The van der Waals surface area contributed by atoms with Crippen molar-refractivity contribution in [3.05, 3.63) is 116 Å². The molecule has 0 radical (unpaired) electrons. The van der Waals surface area contributed by atoms with Crippen LogP contribution in [0.1, 0.15) is 36.0 Å². The molecule has 0 amide bonds. The van der Waals surface area contributed by atoms with Crippen LogP contribution in [0.3, 0.4) is 0 Å². The molecule has 4 aromatic carbocycles. The first-order valence-corrected chi connectivity index (χ1v) is 15.6. The van der Waals surface area contributed by atoms with Crippen LogP contribution in [-0.4, -0.2) is 43.5 Å². The van der Waals surface area contributed by atoms with E-state index in [1.165, 1.54) is 11.8 Å². The number of ether oxygens (including phenoxy) is 4. The quantitative estimate of drug-likeness (QED) is 0.0503. The largest absolute Gasteiger partial charge is 0.494 e. The Morgan fingerprint density at radius 2 is 1.07 bits per heavy atom. The Kier molecular flexibility index (Phi) is 12.8. The SMILES string of the molecule is C=CC(=O)OCCCCOc1ccc(-c2ccc(SC(=O)c3ccc4cc(OCCCCOC(=O)C=C)ccc4c3)cc2)cc1. The van der Waals surface area contributed by atoms with Crippen LogP contribution in [0.25, 0.3) is 21.9 Å². The highest BCUT2D eigenvalue weighted by molar-refractivity contribution is 8.14. The van der Waals surface area contributed by atoms with E-state index in [1.807, 2.05) is 84.9 Å². The minimum absolute atomic E-state index is 0.0255. The molecule has 232 valence electrons. The van der Waals surface area contributed by atoms with Crippen LogP contribution in [0.15, 0.2) is 115 Å². The number of fused-ring (bicyclic) bond motifs is 1. The fraction of sp³-hybridized carbons (Fsp3) is 0.216. The third-order valence-corrected chi connectivity index (χ3v) is 7.67. The predicted octanol–water partition coefficient (Wildman–Crippen LogP) is 8.22. The molecule has 0 aliphatic carbocycles. The Morgan fingerprint density at radius 3 is 1.67 bits per heavy atom. The second-order valence-corrected chi connectivity index (χ2v) is 11.1. The number of thioether (sulfide) groups is 1. The van der Waals surface area contributed by atoms with Gasteiger partial charge in [-0.2, -0.15) is 0 Å². The van der Waals surface area contributed by atoms with E-state index in [0.717, 1.165) is 69.7 Å². The number of esters is 2. The molecule has 4 rings (SSSR count). The van der Waals surface area contributed by atoms with Crippen LogP contribution in [-0.2, 0) is 19.1 Å². The molecule has 0 spiro atoms. The second-order valence-electron chi connectivity index (χ2n) is 10.0. The van der Waals surface area contributed by atoms with Gasteiger partial charge in [0.2, 0.25) is 5.12 Å². The van der Waals surface area contributed by atoms with Gasteiger partial charge in [0.1, 0.15) is 11.5 Å². The summed E-state index contributed by atoms with van der Waals surface area (Å²) in [6, 6.07) is 27.3. The van der Waals surface area contributed by atoms with Crippen LogP contribution in [0.4, 0.5) is 0 Å². The molecule has 0 bridgehead atoms. The van der Waals surface area contributed by atoms with Crippen molar-refractivity contribution in [2.75, 3.05) is 26.4 Å². The molecule has 8 heteroatoms. The van der Waals surface area contributed by atoms with Crippen molar-refractivity contribution in [1.29, 1.82) is 0 Å². The maximum atomic E-state index is 13.1. The van der Waals surface area contributed by atoms with Gasteiger partial charge in [0, 0.05) is 22.6 Å². The molecule has 0 saturated heterocycles. The number of carbonyl (C=O) groups excluding carboxylic acids is 3. The molecular formula is C37H36O7S. The lowest BCUT2D eigenvalue weighted by Crippen LogP contribution is -2.04. The number of unbranched alkanes of at least 4 members (excludes halogenated alkanes) is 2. The normalized spacial score (nSPS) is 10.6. The van der Waals surface area contributed by atoms with Gasteiger partial charge in [-0.15, -0.1) is 0 Å². The third-order valence-electron chi connectivity index (χ3n) is 6.74. The fourth-order valence-electron chi connectivity index (χ4n) is 4.32. The highest BCUT2D eigenvalue weighted by Crippen LogP contribution is 2.29. The van der Waals surface area contributed by atoms with E-state index in [2.05, 4.69) is 13.2 Å². The van der Waals surface area contributed by atoms with Crippen molar-refractivity contribution < 1.29 is 33.3 Å². The highest BCUT2D eigenvalue weighted by atomic mass is 32.2. The maximum Gasteiger partial charge on any atom is 0.330 e. The van der Waals surface area contributed by atoms with Crippen molar-refractivity contribution in [1.82, 2.24) is 0 Å². The van der Waals surface area contributed by atoms with Crippen LogP contribution in [0.2, 0.25) is 0 Å². The van der Waals surface area contributed by atoms with Gasteiger partial charge >= 0.3 is 11.9 Å². The summed E-state index contributed by atoms with van der Waals surface area (Å²) in [6.07, 6.45) is 5.28. The lowest BCUT2D eigenvalue weighted by atomic mass is 10.1. The Balaban J connectivity index is 1.23. The van der Waals surface area contributed by atoms with E-state index in [-0.39, 0.29) is 5.12 Å². The molecule has 7 nitrogen and oxygen atoms in total. The molecule has 0 aliphatic heterocycles. The van der Waals surface area contributed by atoms with E-state index in [9.17, 15) is 14.4 Å². The standard InChI is InChI=1S/C37H36O7S/c1-3-35(38)43-23-7-5-21-41-32-16-11-27(12-17-32)28-14-19-34(20-15-28)45-37(40)31-10-9-30-26-33(18-13-29(30)25-31)42-22-6-8-24-44-36(39)4-2/h3-4,9-20,25-26H,1-2,5-8,21-24H2. The fourth-order valence-corrected chi connectivity index (χ4v) is 5.05. The van der Waals surface area contributed by atoms with E-state index >= 15 is 0 Å². The molecule has 0 saturated carbocycles. The van der Waals surface area contributed by atoms with E-state index in [0.29, 0.717) is 38.4 Å². The first-order valence-electron chi connectivity index (χ1n) is 14.8. The lowest BCUT2D eigenvalue weighted by Gasteiger charge is -2.09. The van der Waals surface area contributed by atoms with E-state index < -0.39 is 11.9 Å². The highest BCUT2D eigenvalue weighted by Gasteiger charge is 2.10. The van der Waals surface area contributed by atoms with Crippen molar-refractivity contribution in [3.63, 3.8) is 0 Å². The van der Waals surface area contributed by atoms with Crippen molar-refractivity contribution in [3.8, 4) is 22.6 Å². The Morgan fingerprint density at radius 1 is 0.578 bits per heavy atom. The molecular weight excluding hydrogens is 588 g/mol. The van der Waals surface area contributed by atoms with Gasteiger partial charge in [0.15, 0.2) is 0 Å². The molecule has 0 atom stereocenters. The number of hydrogen-bond acceptors (Lipinski definition) is 8. The third kappa shape index (κ3) is 10.7. The minimum Gasteiger partial charge on any atom is -0.494 e. The first kappa shape index (κ1) is 33.1. The number of carbonyl (C=O) groups is 3. The van der Waals surface area contributed by atoms with E-state index in [4.69, 9.17) is 18.9 Å². The summed E-state index contributed by atoms with van der Waals surface area (Å²) in [5.74, 6) is 0.704. The molecule has 0 aliphatic rings. The van der Waals surface area contributed by atoms with Crippen LogP contribution in [0.5, 0.6) is 11.5 Å². The van der Waals surface area contributed by atoms with Crippen molar-refractivity contribution >= 4 is 39.6 Å². The summed E-state index contributed by atoms with van der Waals surface area (Å²) < 4.78 is 21.5. The molecule has 0 fully saturated rings. The van der Waals surface area contributed by atoms with Gasteiger partial charge in [-0.25, -0.2) is 9.59 Å². The second kappa shape index (κ2) is 17.5. The van der Waals surface area contributed by atoms with Gasteiger partial charge in [0.05, 0.1) is 26.4 Å². The molecule has 0 heterocycles. The summed E-state index contributed by atoms with van der Waals surface area (Å²) in [4.78, 5) is 36.0. The topological polar surface area (TPSA) is 88.1 Å². The zero-order chi connectivity index (χ0) is 31.9. The van der Waals surface area contributed by atoms with E-state index in [1.54, 1.807) is 0 Å². The Bertz CT molecular complexity index is 1610. The number of benzene rings is 4. The van der Waals surface area contributed by atoms with Crippen LogP contribution >= 0.6 is 11.8 Å². The zero-order valence-corrected chi connectivity index (χ0v) is 25.9. The number of hydrogen-bond donors (Lipinski definition) is 0. The van der Waals surface area contributed by atoms with Gasteiger partial charge in [0.25, 0.3) is 0 Å². The molecule has 0 N–H and O–H groups in total. The van der Waals surface area contributed by atoms with Gasteiger partial charge in [-0.1, -0.05) is 49.6 Å². The van der Waals surface area contributed by atoms with Gasteiger partial charge in [-0.3, -0.25) is 4.79 Å². The molecule has 4 aromatic rings. The smallest absolute Gasteiger partial charge is 0.330 e. The lowest BCUT2D eigenvalue weighted by molar-refractivity contribution is -0.138. The van der Waals surface area contributed by atoms with Gasteiger partial charge < -0.3 is 18.9 Å². The van der Waals surface area contributed by atoms with Gasteiger partial charge in [-0.05, 0) is 108 Å². The predicted molar refractivity (Wildman–Crippen MR) is 178 cm³/mol. The minimum atomic E-state index is -0.416. The summed E-state index contributed by atoms with van der Waals surface area (Å²) in [6.45, 7) is 8.50. The summed E-state index contributed by atoms with van der Waals surface area (Å²) in [7, 11) is 0. The van der Waals surface area contributed by atoms with Crippen LogP contribution < -0.4 is 9.47 Å². The average Bonchev–Trinajstić information content (AvgIpc) is 3.07. The summed E-state index contributed by atoms with van der Waals surface area (Å²) in [5.41, 5.74) is 2.73. The summed E-state index contributed by atoms with van der Waals surface area (Å²) in [5, 5.41) is 1.92. The van der Waals surface area contributed by atoms with Crippen molar-refractivity contribution in [2.45, 2.75) is 30.6 Å². The zero-order valence-electron chi connectivity index (χ0n) is 25.1. The molecule has 0 aromatic heterocycles. The van der Waals surface area contributed by atoms with Crippen LogP contribution in [0, 0.1) is 0 Å². The Labute approximate surface area is 267 Å². The van der Waals surface area contributed by atoms with Crippen molar-refractivity contribution in [2.24, 2.45) is 0 Å². The Hall–Kier alpha value is -4.82. The summed E-state index contributed by atoms with van der Waals surface area (Å²) >= 11 is 1.20. The first-order chi connectivity index (χ1) is 21.9. The number of rotatable bonds is 17.